The third-order valence-electron chi connectivity index (χ3n) is 7.25. The largest absolute Gasteiger partial charge is 0.495 e. The molecule has 1 saturated heterocycles. The fourth-order valence-electron chi connectivity index (χ4n) is 4.95. The quantitative estimate of drug-likeness (QED) is 0.311. The summed E-state index contributed by atoms with van der Waals surface area (Å²) in [5.74, 6) is 0.876. The second kappa shape index (κ2) is 13.9. The summed E-state index contributed by atoms with van der Waals surface area (Å²) in [6.07, 6.45) is 3.29. The topological polar surface area (TPSA) is 73.9 Å². The van der Waals surface area contributed by atoms with Gasteiger partial charge in [-0.3, -0.25) is 9.59 Å². The molecule has 0 unspecified atom stereocenters. The molecule has 40 heavy (non-hydrogen) atoms. The number of benzene rings is 3. The maximum Gasteiger partial charge on any atom is 0.255 e. The van der Waals surface area contributed by atoms with Crippen LogP contribution in [0.15, 0.2) is 66.7 Å². The Balaban J connectivity index is 1.51. The van der Waals surface area contributed by atoms with Crippen molar-refractivity contribution in [3.8, 4) is 5.75 Å². The molecular formula is C33H42N4O3. The fraction of sp³-hybridized carbons (Fsp3) is 0.394. The van der Waals surface area contributed by atoms with Gasteiger partial charge in [0, 0.05) is 49.7 Å². The lowest BCUT2D eigenvalue weighted by Gasteiger charge is -2.38. The maximum absolute atomic E-state index is 13.3. The molecule has 1 aliphatic heterocycles. The first-order valence-corrected chi connectivity index (χ1v) is 14.3. The number of nitrogens with one attached hydrogen (secondary N) is 2. The van der Waals surface area contributed by atoms with Gasteiger partial charge in [0.15, 0.2) is 0 Å². The van der Waals surface area contributed by atoms with Crippen molar-refractivity contribution >= 4 is 28.9 Å². The highest BCUT2D eigenvalue weighted by atomic mass is 16.5. The van der Waals surface area contributed by atoms with Crippen molar-refractivity contribution in [2.45, 2.75) is 40.0 Å². The van der Waals surface area contributed by atoms with Crippen molar-refractivity contribution in [2.24, 2.45) is 5.92 Å². The average molecular weight is 543 g/mol. The zero-order valence-corrected chi connectivity index (χ0v) is 24.2. The van der Waals surface area contributed by atoms with E-state index in [1.807, 2.05) is 54.6 Å². The summed E-state index contributed by atoms with van der Waals surface area (Å²) in [4.78, 5) is 30.9. The molecule has 7 heteroatoms. The number of amides is 2. The summed E-state index contributed by atoms with van der Waals surface area (Å²) >= 11 is 0. The minimum Gasteiger partial charge on any atom is -0.495 e. The van der Waals surface area contributed by atoms with Gasteiger partial charge in [0.05, 0.1) is 18.4 Å². The van der Waals surface area contributed by atoms with E-state index in [2.05, 4.69) is 47.3 Å². The van der Waals surface area contributed by atoms with Gasteiger partial charge in [-0.2, -0.15) is 0 Å². The van der Waals surface area contributed by atoms with Gasteiger partial charge in [0.25, 0.3) is 11.8 Å². The molecule has 0 bridgehead atoms. The second-order valence-electron chi connectivity index (χ2n) is 10.7. The summed E-state index contributed by atoms with van der Waals surface area (Å²) in [6, 6.07) is 21.5. The molecule has 3 aromatic carbocycles. The average Bonchev–Trinajstić information content (AvgIpc) is 2.99. The number of anilines is 3. The van der Waals surface area contributed by atoms with Crippen LogP contribution in [0.5, 0.6) is 5.75 Å². The number of rotatable bonds is 11. The number of ether oxygens (including phenoxy) is 1. The minimum absolute atomic E-state index is 0.132. The standard InChI is InChI=1S/C33H42N4O3/c1-5-6-9-25-12-14-26(15-13-25)32(38)35-27-16-17-29(28(22-27)33(39)34-23-24(2)3)36-18-20-37(21-19-36)30-10-7-8-11-31(30)40-4/h7-8,10-17,22,24H,5-6,9,18-21,23H2,1-4H3,(H,34,39)(H,35,38). The van der Waals surface area contributed by atoms with E-state index in [0.717, 1.165) is 62.6 Å². The number of carbonyl (C=O) groups excluding carboxylic acids is 2. The highest BCUT2D eigenvalue weighted by Gasteiger charge is 2.24. The van der Waals surface area contributed by atoms with E-state index in [1.165, 1.54) is 5.56 Å². The first kappa shape index (κ1) is 29.0. The van der Waals surface area contributed by atoms with Crippen molar-refractivity contribution in [2.75, 3.05) is 55.0 Å². The van der Waals surface area contributed by atoms with Crippen molar-refractivity contribution in [3.05, 3.63) is 83.4 Å². The summed E-state index contributed by atoms with van der Waals surface area (Å²) in [7, 11) is 1.69. The Morgan fingerprint density at radius 1 is 0.875 bits per heavy atom. The van der Waals surface area contributed by atoms with E-state index in [0.29, 0.717) is 29.3 Å². The Morgan fingerprint density at radius 3 is 2.20 bits per heavy atom. The van der Waals surface area contributed by atoms with Crippen LogP contribution in [0.3, 0.4) is 0 Å². The van der Waals surface area contributed by atoms with Crippen LogP contribution >= 0.6 is 0 Å². The highest BCUT2D eigenvalue weighted by molar-refractivity contribution is 6.06. The van der Waals surface area contributed by atoms with Crippen LogP contribution in [0.25, 0.3) is 0 Å². The maximum atomic E-state index is 13.3. The van der Waals surface area contributed by atoms with Crippen molar-refractivity contribution in [3.63, 3.8) is 0 Å². The van der Waals surface area contributed by atoms with Crippen LogP contribution in [0.1, 0.15) is 59.9 Å². The summed E-state index contributed by atoms with van der Waals surface area (Å²) in [5, 5.41) is 6.05. The van der Waals surface area contributed by atoms with Gasteiger partial charge < -0.3 is 25.2 Å². The van der Waals surface area contributed by atoms with E-state index < -0.39 is 0 Å². The molecule has 4 rings (SSSR count). The third-order valence-corrected chi connectivity index (χ3v) is 7.25. The molecule has 1 fully saturated rings. The molecule has 1 heterocycles. The van der Waals surface area contributed by atoms with Crippen molar-refractivity contribution in [1.29, 1.82) is 0 Å². The lowest BCUT2D eigenvalue weighted by molar-refractivity contribution is 0.0948. The van der Waals surface area contributed by atoms with Gasteiger partial charge in [-0.1, -0.05) is 51.5 Å². The number of methoxy groups -OCH3 is 1. The normalized spacial score (nSPS) is 13.3. The molecule has 0 spiro atoms. The number of piperazine rings is 1. The first-order valence-electron chi connectivity index (χ1n) is 14.3. The molecule has 0 atom stereocenters. The summed E-state index contributed by atoms with van der Waals surface area (Å²) < 4.78 is 5.56. The Labute approximate surface area is 238 Å². The smallest absolute Gasteiger partial charge is 0.255 e. The number of carbonyl (C=O) groups is 2. The second-order valence-corrected chi connectivity index (χ2v) is 10.7. The van der Waals surface area contributed by atoms with Gasteiger partial charge in [-0.15, -0.1) is 0 Å². The van der Waals surface area contributed by atoms with Gasteiger partial charge in [-0.05, 0) is 66.8 Å². The Morgan fingerprint density at radius 2 is 1.55 bits per heavy atom. The van der Waals surface area contributed by atoms with Crippen LogP contribution < -0.4 is 25.2 Å². The molecule has 1 aliphatic rings. The Hall–Kier alpha value is -4.00. The summed E-state index contributed by atoms with van der Waals surface area (Å²) in [5.41, 5.74) is 4.96. The SMILES string of the molecule is CCCCc1ccc(C(=O)Nc2ccc(N3CCN(c4ccccc4OC)CC3)c(C(=O)NCC(C)C)c2)cc1. The molecule has 212 valence electrons. The fourth-order valence-corrected chi connectivity index (χ4v) is 4.95. The molecule has 0 saturated carbocycles. The van der Waals surface area contributed by atoms with Gasteiger partial charge in [0.1, 0.15) is 5.75 Å². The van der Waals surface area contributed by atoms with E-state index in [1.54, 1.807) is 13.2 Å². The summed E-state index contributed by atoms with van der Waals surface area (Å²) in [6.45, 7) is 10.0. The zero-order chi connectivity index (χ0) is 28.5. The monoisotopic (exact) mass is 542 g/mol. The van der Waals surface area contributed by atoms with E-state index in [-0.39, 0.29) is 11.8 Å². The predicted octanol–water partition coefficient (Wildman–Crippen LogP) is 6.00. The molecule has 2 amide bonds. The Kier molecular flexibility index (Phi) is 10.1. The lowest BCUT2D eigenvalue weighted by atomic mass is 10.1. The number of nitrogens with zero attached hydrogens (tertiary/aromatic N) is 2. The number of aryl methyl sites for hydroxylation is 1. The number of hydrogen-bond acceptors (Lipinski definition) is 5. The van der Waals surface area contributed by atoms with Crippen LogP contribution in [-0.2, 0) is 6.42 Å². The number of hydrogen-bond donors (Lipinski definition) is 2. The third kappa shape index (κ3) is 7.34. The van der Waals surface area contributed by atoms with Gasteiger partial charge in [-0.25, -0.2) is 0 Å². The lowest BCUT2D eigenvalue weighted by Crippen LogP contribution is -2.47. The van der Waals surface area contributed by atoms with Crippen molar-refractivity contribution < 1.29 is 14.3 Å². The predicted molar refractivity (Wildman–Crippen MR) is 164 cm³/mol. The van der Waals surface area contributed by atoms with Crippen LogP contribution in [0.4, 0.5) is 17.1 Å². The molecule has 0 aliphatic carbocycles. The van der Waals surface area contributed by atoms with Crippen LogP contribution in [0.2, 0.25) is 0 Å². The minimum atomic E-state index is -0.186. The number of unbranched alkanes of at least 4 members (excludes halogenated alkanes) is 1. The van der Waals surface area contributed by atoms with Crippen molar-refractivity contribution in [1.82, 2.24) is 5.32 Å². The molecule has 0 aromatic heterocycles. The highest BCUT2D eigenvalue weighted by Crippen LogP contribution is 2.31. The van der Waals surface area contributed by atoms with E-state index in [4.69, 9.17) is 4.74 Å². The first-order chi connectivity index (χ1) is 19.4. The van der Waals surface area contributed by atoms with Gasteiger partial charge in [0.2, 0.25) is 0 Å². The Bertz CT molecular complexity index is 1280. The van der Waals surface area contributed by atoms with Crippen LogP contribution in [0, 0.1) is 5.92 Å². The molecule has 2 N–H and O–H groups in total. The van der Waals surface area contributed by atoms with Crippen LogP contribution in [-0.4, -0.2) is 51.6 Å². The molecule has 7 nitrogen and oxygen atoms in total. The van der Waals surface area contributed by atoms with E-state index in [9.17, 15) is 9.59 Å². The van der Waals surface area contributed by atoms with E-state index >= 15 is 0 Å². The molecule has 3 aromatic rings. The van der Waals surface area contributed by atoms with Gasteiger partial charge >= 0.3 is 0 Å². The number of para-hydroxylation sites is 2. The molecule has 0 radical (unpaired) electrons. The zero-order valence-electron chi connectivity index (χ0n) is 24.2. The molecular weight excluding hydrogens is 500 g/mol.